The maximum Gasteiger partial charge on any atom is 0.322 e. The molecule has 0 radical (unpaired) electrons. The van der Waals surface area contributed by atoms with E-state index >= 15 is 0 Å². The van der Waals surface area contributed by atoms with Crippen LogP contribution in [0.4, 0.5) is 4.79 Å². The Hall–Kier alpha value is -2.47. The van der Waals surface area contributed by atoms with E-state index < -0.39 is 11.6 Å². The molecule has 3 rings (SSSR count). The summed E-state index contributed by atoms with van der Waals surface area (Å²) in [6.45, 7) is 7.56. The molecule has 1 saturated heterocycles. The van der Waals surface area contributed by atoms with Gasteiger partial charge in [-0.1, -0.05) is 59.6 Å². The number of nitrogens with one attached hydrogen (secondary N) is 2. The first-order chi connectivity index (χ1) is 13.2. The molecule has 2 N–H and O–H groups in total. The van der Waals surface area contributed by atoms with Crippen molar-refractivity contribution >= 4 is 33.7 Å². The fourth-order valence-electron chi connectivity index (χ4n) is 3.21. The summed E-state index contributed by atoms with van der Waals surface area (Å²) in [5, 5.41) is 4.96. The minimum Gasteiger partial charge on any atom is -0.319 e. The lowest BCUT2D eigenvalue weighted by atomic mass is 9.87. The molecular formula is C22H25BrN2O3. The lowest BCUT2D eigenvalue weighted by Crippen LogP contribution is -2.43. The van der Waals surface area contributed by atoms with Crippen molar-refractivity contribution in [2.24, 2.45) is 0 Å². The SMILES string of the molecule is CCC1(c2ccc(Br)cc2)NC(=O)NC1=O.CCc1ccc(C)cc1C(C)=O. The number of hydrogen-bond donors (Lipinski definition) is 2. The number of ketones is 1. The summed E-state index contributed by atoms with van der Waals surface area (Å²) in [4.78, 5) is 34.2. The van der Waals surface area contributed by atoms with Crippen LogP contribution in [0.1, 0.15) is 54.2 Å². The summed E-state index contributed by atoms with van der Waals surface area (Å²) in [6.07, 6.45) is 1.45. The first kappa shape index (κ1) is 21.8. The fraction of sp³-hybridized carbons (Fsp3) is 0.318. The number of imide groups is 1. The smallest absolute Gasteiger partial charge is 0.319 e. The van der Waals surface area contributed by atoms with E-state index in [0.717, 1.165) is 33.1 Å². The summed E-state index contributed by atoms with van der Waals surface area (Å²) < 4.78 is 0.937. The number of carbonyl (C=O) groups excluding carboxylic acids is 3. The number of aryl methyl sites for hydroxylation is 2. The zero-order chi connectivity index (χ0) is 20.9. The Kier molecular flexibility index (Phi) is 7.13. The van der Waals surface area contributed by atoms with Crippen molar-refractivity contribution in [3.63, 3.8) is 0 Å². The van der Waals surface area contributed by atoms with Gasteiger partial charge in [-0.3, -0.25) is 14.9 Å². The number of carbonyl (C=O) groups is 3. The lowest BCUT2D eigenvalue weighted by Gasteiger charge is -2.24. The molecule has 1 fully saturated rings. The highest BCUT2D eigenvalue weighted by Gasteiger charge is 2.45. The van der Waals surface area contributed by atoms with Crippen LogP contribution < -0.4 is 10.6 Å². The average molecular weight is 445 g/mol. The molecule has 148 valence electrons. The van der Waals surface area contributed by atoms with Crippen LogP contribution in [0.2, 0.25) is 0 Å². The first-order valence-corrected chi connectivity index (χ1v) is 10.0. The van der Waals surface area contributed by atoms with Gasteiger partial charge in [0.1, 0.15) is 5.54 Å². The van der Waals surface area contributed by atoms with Gasteiger partial charge in [0.2, 0.25) is 0 Å². The van der Waals surface area contributed by atoms with Crippen LogP contribution in [0, 0.1) is 6.92 Å². The van der Waals surface area contributed by atoms with Crippen molar-refractivity contribution in [2.45, 2.75) is 46.1 Å². The van der Waals surface area contributed by atoms with Crippen LogP contribution in [-0.2, 0) is 16.8 Å². The second kappa shape index (κ2) is 9.15. The third-order valence-corrected chi connectivity index (χ3v) is 5.36. The molecule has 5 nitrogen and oxygen atoms in total. The standard InChI is InChI=1S/C11H11BrN2O2.C11H14O/c1-2-11(9(15)13-10(16)14-11)7-3-5-8(12)6-4-7;1-4-10-6-5-8(2)7-11(10)9(3)12/h3-6H,2H2,1H3,(H2,13,14,15,16);5-7H,4H2,1-3H3. The number of rotatable bonds is 4. The van der Waals surface area contributed by atoms with Crippen molar-refractivity contribution < 1.29 is 14.4 Å². The van der Waals surface area contributed by atoms with Gasteiger partial charge in [0.05, 0.1) is 0 Å². The Morgan fingerprint density at radius 2 is 1.71 bits per heavy atom. The van der Waals surface area contributed by atoms with E-state index in [-0.39, 0.29) is 11.7 Å². The summed E-state index contributed by atoms with van der Waals surface area (Å²) in [5.41, 5.74) is 3.04. The molecular weight excluding hydrogens is 420 g/mol. The van der Waals surface area contributed by atoms with E-state index in [4.69, 9.17) is 0 Å². The minimum atomic E-state index is -0.919. The second-order valence-electron chi connectivity index (χ2n) is 6.74. The van der Waals surface area contributed by atoms with Crippen LogP contribution >= 0.6 is 15.9 Å². The van der Waals surface area contributed by atoms with Gasteiger partial charge in [0, 0.05) is 10.0 Å². The van der Waals surface area contributed by atoms with E-state index in [9.17, 15) is 14.4 Å². The van der Waals surface area contributed by atoms with Crippen LogP contribution in [0.3, 0.4) is 0 Å². The van der Waals surface area contributed by atoms with E-state index in [1.165, 1.54) is 0 Å². The maximum absolute atomic E-state index is 11.8. The lowest BCUT2D eigenvalue weighted by molar-refractivity contribution is -0.124. The Bertz CT molecular complexity index is 893. The predicted octanol–water partition coefficient (Wildman–Crippen LogP) is 4.65. The van der Waals surface area contributed by atoms with Gasteiger partial charge in [-0.15, -0.1) is 0 Å². The van der Waals surface area contributed by atoms with Crippen LogP contribution in [-0.4, -0.2) is 17.7 Å². The highest BCUT2D eigenvalue weighted by molar-refractivity contribution is 9.10. The largest absolute Gasteiger partial charge is 0.322 e. The van der Waals surface area contributed by atoms with Crippen molar-refractivity contribution in [1.29, 1.82) is 0 Å². The first-order valence-electron chi connectivity index (χ1n) is 9.23. The summed E-state index contributed by atoms with van der Waals surface area (Å²) >= 11 is 3.33. The zero-order valence-corrected chi connectivity index (χ0v) is 18.1. The van der Waals surface area contributed by atoms with Gasteiger partial charge >= 0.3 is 6.03 Å². The Morgan fingerprint density at radius 1 is 1.07 bits per heavy atom. The van der Waals surface area contributed by atoms with E-state index in [0.29, 0.717) is 6.42 Å². The van der Waals surface area contributed by atoms with Gasteiger partial charge in [-0.05, 0) is 56.0 Å². The van der Waals surface area contributed by atoms with Crippen molar-refractivity contribution in [3.8, 4) is 0 Å². The van der Waals surface area contributed by atoms with Gasteiger partial charge in [-0.25, -0.2) is 4.79 Å². The highest BCUT2D eigenvalue weighted by atomic mass is 79.9. The zero-order valence-electron chi connectivity index (χ0n) is 16.6. The van der Waals surface area contributed by atoms with Gasteiger partial charge in [0.15, 0.2) is 5.78 Å². The number of Topliss-reactive ketones (excluding diaryl/α,β-unsaturated/α-hetero) is 1. The average Bonchev–Trinajstić information content (AvgIpc) is 2.97. The molecule has 1 unspecified atom stereocenters. The predicted molar refractivity (Wildman–Crippen MR) is 113 cm³/mol. The molecule has 28 heavy (non-hydrogen) atoms. The van der Waals surface area contributed by atoms with Crippen molar-refractivity contribution in [3.05, 3.63) is 69.2 Å². The third-order valence-electron chi connectivity index (χ3n) is 4.83. The number of urea groups is 1. The summed E-state index contributed by atoms with van der Waals surface area (Å²) in [6, 6.07) is 13.0. The fourth-order valence-corrected chi connectivity index (χ4v) is 3.47. The second-order valence-corrected chi connectivity index (χ2v) is 7.66. The van der Waals surface area contributed by atoms with Gasteiger partial charge < -0.3 is 5.32 Å². The third kappa shape index (κ3) is 4.68. The quantitative estimate of drug-likeness (QED) is 0.531. The number of amides is 3. The molecule has 0 bridgehead atoms. The maximum atomic E-state index is 11.8. The number of hydrogen-bond acceptors (Lipinski definition) is 3. The molecule has 1 atom stereocenters. The number of halogens is 1. The Balaban J connectivity index is 0.000000209. The molecule has 1 heterocycles. The molecule has 0 saturated carbocycles. The molecule has 2 aromatic rings. The number of benzene rings is 2. The van der Waals surface area contributed by atoms with E-state index in [1.54, 1.807) is 6.92 Å². The van der Waals surface area contributed by atoms with Gasteiger partial charge in [-0.2, -0.15) is 0 Å². The molecule has 6 heteroatoms. The molecule has 0 spiro atoms. The highest BCUT2D eigenvalue weighted by Crippen LogP contribution is 2.29. The Labute approximate surface area is 174 Å². The molecule has 2 aromatic carbocycles. The van der Waals surface area contributed by atoms with Crippen LogP contribution in [0.5, 0.6) is 0 Å². The molecule has 0 aromatic heterocycles. The molecule has 1 aliphatic heterocycles. The van der Waals surface area contributed by atoms with Crippen molar-refractivity contribution in [2.75, 3.05) is 0 Å². The van der Waals surface area contributed by atoms with Crippen LogP contribution in [0.15, 0.2) is 46.9 Å². The van der Waals surface area contributed by atoms with Crippen molar-refractivity contribution in [1.82, 2.24) is 10.6 Å². The monoisotopic (exact) mass is 444 g/mol. The normalized spacial score (nSPS) is 18.0. The summed E-state index contributed by atoms with van der Waals surface area (Å²) in [7, 11) is 0. The molecule has 1 aliphatic rings. The summed E-state index contributed by atoms with van der Waals surface area (Å²) in [5.74, 6) is -0.127. The molecule has 3 amide bonds. The minimum absolute atomic E-state index is 0.163. The molecule has 0 aliphatic carbocycles. The Morgan fingerprint density at radius 3 is 2.18 bits per heavy atom. The van der Waals surface area contributed by atoms with E-state index in [1.807, 2.05) is 56.3 Å². The van der Waals surface area contributed by atoms with E-state index in [2.05, 4.69) is 33.5 Å². The van der Waals surface area contributed by atoms with Gasteiger partial charge in [0.25, 0.3) is 5.91 Å². The topological polar surface area (TPSA) is 75.3 Å². The van der Waals surface area contributed by atoms with Crippen LogP contribution in [0.25, 0.3) is 0 Å².